The monoisotopic (exact) mass is 422 g/mol. The van der Waals surface area contributed by atoms with Crippen LogP contribution < -0.4 is 0 Å². The third-order valence-corrected chi connectivity index (χ3v) is 4.07. The van der Waals surface area contributed by atoms with Gasteiger partial charge in [0.05, 0.1) is 24.3 Å². The normalized spacial score (nSPS) is 10.6. The number of ether oxygens (including phenoxy) is 2. The molecule has 0 saturated heterocycles. The van der Waals surface area contributed by atoms with Crippen LogP contribution in [0.15, 0.2) is 12.1 Å². The molecule has 0 radical (unpaired) electrons. The molecule has 0 atom stereocenters. The van der Waals surface area contributed by atoms with E-state index in [9.17, 15) is 40.2 Å². The van der Waals surface area contributed by atoms with Gasteiger partial charge in [-0.15, -0.1) is 0 Å². The van der Waals surface area contributed by atoms with Crippen LogP contribution in [0.2, 0.25) is 0 Å². The first kappa shape index (κ1) is 22.5. The van der Waals surface area contributed by atoms with E-state index in [1.54, 1.807) is 13.8 Å². The summed E-state index contributed by atoms with van der Waals surface area (Å²) >= 11 is 0. The Morgan fingerprint density at radius 2 is 1.00 bits per heavy atom. The van der Waals surface area contributed by atoms with Crippen LogP contribution in [-0.4, -0.2) is 55.8 Å². The maximum absolute atomic E-state index is 12.5. The molecule has 0 fully saturated rings. The van der Waals surface area contributed by atoms with Gasteiger partial charge in [-0.1, -0.05) is 13.8 Å². The number of aromatic hydroxyl groups is 6. The first-order chi connectivity index (χ1) is 14.1. The number of carbonyl (C=O) groups excluding carboxylic acids is 2. The molecule has 10 nitrogen and oxygen atoms in total. The summed E-state index contributed by atoms with van der Waals surface area (Å²) < 4.78 is 9.99. The minimum absolute atomic E-state index is 0.0150. The summed E-state index contributed by atoms with van der Waals surface area (Å²) in [4.78, 5) is 25.0. The highest BCUT2D eigenvalue weighted by Gasteiger charge is 2.31. The van der Waals surface area contributed by atoms with Gasteiger partial charge < -0.3 is 40.1 Å². The standard InChI is InChI=1S/C20H22O10/c1-3-5-29-19(27)9-7-11(21)15(23)17(25)13(9)14-10(20(28)30-6-4-2)8-12(22)16(24)18(14)26/h7-8,21-26H,3-6H2,1-2H3. The lowest BCUT2D eigenvalue weighted by atomic mass is 9.92. The predicted molar refractivity (Wildman–Crippen MR) is 103 cm³/mol. The van der Waals surface area contributed by atoms with Crippen molar-refractivity contribution in [1.29, 1.82) is 0 Å². The van der Waals surface area contributed by atoms with Crippen molar-refractivity contribution >= 4 is 11.9 Å². The number of phenols is 6. The third kappa shape index (κ3) is 4.12. The molecule has 0 spiro atoms. The summed E-state index contributed by atoms with van der Waals surface area (Å²) in [5.41, 5.74) is -2.24. The zero-order valence-corrected chi connectivity index (χ0v) is 16.3. The van der Waals surface area contributed by atoms with Gasteiger partial charge in [0, 0.05) is 11.1 Å². The van der Waals surface area contributed by atoms with Crippen molar-refractivity contribution < 1.29 is 49.7 Å². The Hall–Kier alpha value is -3.82. The molecule has 10 heteroatoms. The molecule has 30 heavy (non-hydrogen) atoms. The lowest BCUT2D eigenvalue weighted by molar-refractivity contribution is 0.0493. The van der Waals surface area contributed by atoms with Crippen molar-refractivity contribution in [1.82, 2.24) is 0 Å². The van der Waals surface area contributed by atoms with Gasteiger partial charge in [0.2, 0.25) is 11.5 Å². The van der Waals surface area contributed by atoms with E-state index in [4.69, 9.17) is 9.47 Å². The van der Waals surface area contributed by atoms with E-state index in [1.807, 2.05) is 0 Å². The molecule has 0 bridgehead atoms. The Morgan fingerprint density at radius 3 is 1.30 bits per heavy atom. The number of carbonyl (C=O) groups is 2. The van der Waals surface area contributed by atoms with Gasteiger partial charge in [-0.25, -0.2) is 9.59 Å². The largest absolute Gasteiger partial charge is 0.504 e. The molecule has 2 rings (SSSR count). The maximum atomic E-state index is 12.5. The number of rotatable bonds is 7. The Bertz CT molecular complexity index is 901. The molecule has 2 aromatic rings. The summed E-state index contributed by atoms with van der Waals surface area (Å²) in [7, 11) is 0. The molecular formula is C20H22O10. The summed E-state index contributed by atoms with van der Waals surface area (Å²) in [6.45, 7) is 3.43. The SMILES string of the molecule is CCCOC(=O)c1cc(O)c(O)c(O)c1-c1c(C(=O)OCCC)cc(O)c(O)c1O. The zero-order valence-electron chi connectivity index (χ0n) is 16.3. The minimum Gasteiger partial charge on any atom is -0.504 e. The smallest absolute Gasteiger partial charge is 0.339 e. The van der Waals surface area contributed by atoms with E-state index in [-0.39, 0.29) is 13.2 Å². The van der Waals surface area contributed by atoms with Gasteiger partial charge in [0.25, 0.3) is 0 Å². The maximum Gasteiger partial charge on any atom is 0.339 e. The molecule has 0 amide bonds. The molecule has 0 aliphatic rings. The van der Waals surface area contributed by atoms with E-state index in [0.717, 1.165) is 12.1 Å². The van der Waals surface area contributed by atoms with E-state index >= 15 is 0 Å². The number of phenolic OH excluding ortho intramolecular Hbond substituents is 6. The Kier molecular flexibility index (Phi) is 6.83. The number of esters is 2. The third-order valence-electron chi connectivity index (χ3n) is 4.07. The van der Waals surface area contributed by atoms with E-state index in [0.29, 0.717) is 12.8 Å². The van der Waals surface area contributed by atoms with Crippen molar-refractivity contribution in [3.8, 4) is 45.6 Å². The Labute approximate surface area is 171 Å². The van der Waals surface area contributed by atoms with Gasteiger partial charge in [-0.05, 0) is 25.0 Å². The second-order valence-electron chi connectivity index (χ2n) is 6.30. The zero-order chi connectivity index (χ0) is 22.6. The fraction of sp³-hybridized carbons (Fsp3) is 0.300. The first-order valence-electron chi connectivity index (χ1n) is 9.05. The molecular weight excluding hydrogens is 400 g/mol. The fourth-order valence-corrected chi connectivity index (χ4v) is 2.66. The van der Waals surface area contributed by atoms with Crippen LogP contribution in [0, 0.1) is 0 Å². The second-order valence-corrected chi connectivity index (χ2v) is 6.30. The molecule has 0 heterocycles. The van der Waals surface area contributed by atoms with Gasteiger partial charge in [-0.3, -0.25) is 0 Å². The van der Waals surface area contributed by atoms with Crippen molar-refractivity contribution in [3.05, 3.63) is 23.3 Å². The highest BCUT2D eigenvalue weighted by atomic mass is 16.5. The number of hydrogen-bond acceptors (Lipinski definition) is 10. The highest BCUT2D eigenvalue weighted by molar-refractivity contribution is 6.08. The molecule has 2 aromatic carbocycles. The molecule has 0 aromatic heterocycles. The molecule has 0 unspecified atom stereocenters. The summed E-state index contributed by atoms with van der Waals surface area (Å²) in [5, 5.41) is 60.4. The molecule has 0 aliphatic carbocycles. The fourth-order valence-electron chi connectivity index (χ4n) is 2.66. The van der Waals surface area contributed by atoms with Crippen molar-refractivity contribution in [2.45, 2.75) is 26.7 Å². The van der Waals surface area contributed by atoms with Crippen molar-refractivity contribution in [2.24, 2.45) is 0 Å². The number of benzene rings is 2. The van der Waals surface area contributed by atoms with E-state index in [1.165, 1.54) is 0 Å². The van der Waals surface area contributed by atoms with Gasteiger partial charge in [0.1, 0.15) is 0 Å². The minimum atomic E-state index is -1.07. The lowest BCUT2D eigenvalue weighted by Crippen LogP contribution is -2.11. The summed E-state index contributed by atoms with van der Waals surface area (Å²) in [6, 6.07) is 1.54. The Balaban J connectivity index is 2.88. The topological polar surface area (TPSA) is 174 Å². The van der Waals surface area contributed by atoms with Gasteiger partial charge in [-0.2, -0.15) is 0 Å². The van der Waals surface area contributed by atoms with Crippen molar-refractivity contribution in [3.63, 3.8) is 0 Å². The van der Waals surface area contributed by atoms with E-state index < -0.39 is 68.7 Å². The van der Waals surface area contributed by atoms with Gasteiger partial charge >= 0.3 is 11.9 Å². The highest BCUT2D eigenvalue weighted by Crippen LogP contribution is 2.52. The average Bonchev–Trinajstić information content (AvgIpc) is 2.72. The summed E-state index contributed by atoms with van der Waals surface area (Å²) in [5.74, 6) is -8.04. The van der Waals surface area contributed by atoms with Gasteiger partial charge in [0.15, 0.2) is 23.0 Å². The molecule has 0 aliphatic heterocycles. The number of hydrogen-bond donors (Lipinski definition) is 6. The lowest BCUT2D eigenvalue weighted by Gasteiger charge is -2.18. The molecule has 162 valence electrons. The first-order valence-corrected chi connectivity index (χ1v) is 9.05. The second kappa shape index (κ2) is 9.12. The Morgan fingerprint density at radius 1 is 0.667 bits per heavy atom. The van der Waals surface area contributed by atoms with Crippen LogP contribution in [0.4, 0.5) is 0 Å². The van der Waals surface area contributed by atoms with Crippen LogP contribution in [0.1, 0.15) is 47.4 Å². The van der Waals surface area contributed by atoms with Crippen LogP contribution in [0.3, 0.4) is 0 Å². The molecule has 0 saturated carbocycles. The van der Waals surface area contributed by atoms with Crippen LogP contribution in [-0.2, 0) is 9.47 Å². The van der Waals surface area contributed by atoms with Crippen molar-refractivity contribution in [2.75, 3.05) is 13.2 Å². The van der Waals surface area contributed by atoms with Crippen LogP contribution in [0.25, 0.3) is 11.1 Å². The van der Waals surface area contributed by atoms with Crippen LogP contribution >= 0.6 is 0 Å². The van der Waals surface area contributed by atoms with E-state index in [2.05, 4.69) is 0 Å². The average molecular weight is 422 g/mol. The summed E-state index contributed by atoms with van der Waals surface area (Å²) in [6.07, 6.45) is 0.911. The quantitative estimate of drug-likeness (QED) is 0.287. The van der Waals surface area contributed by atoms with Crippen LogP contribution in [0.5, 0.6) is 34.5 Å². The molecule has 6 N–H and O–H groups in total. The predicted octanol–water partition coefficient (Wildman–Crippen LogP) is 2.72.